The normalized spacial score (nSPS) is 13.2. The van der Waals surface area contributed by atoms with E-state index in [2.05, 4.69) is 11.9 Å². The Morgan fingerprint density at radius 2 is 2.50 bits per heavy atom. The number of oxazole rings is 1. The average Bonchev–Trinajstić information content (AvgIpc) is 2.36. The zero-order valence-corrected chi connectivity index (χ0v) is 8.23. The minimum Gasteiger partial charge on any atom is -0.440 e. The van der Waals surface area contributed by atoms with Crippen LogP contribution in [0.5, 0.6) is 0 Å². The third-order valence-electron chi connectivity index (χ3n) is 1.47. The van der Waals surface area contributed by atoms with Gasteiger partial charge in [-0.3, -0.25) is 0 Å². The highest BCUT2D eigenvalue weighted by Crippen LogP contribution is 2.23. The molecule has 0 fully saturated rings. The fraction of sp³-hybridized carbons (Fsp3) is 0.625. The van der Waals surface area contributed by atoms with Gasteiger partial charge in [0.2, 0.25) is 0 Å². The smallest absolute Gasteiger partial charge is 0.256 e. The Labute approximate surface area is 76.7 Å². The van der Waals surface area contributed by atoms with Crippen LogP contribution >= 0.6 is 11.8 Å². The number of aryl methyl sites for hydroxylation is 1. The Bertz CT molecular complexity index is 237. The van der Waals surface area contributed by atoms with E-state index in [0.717, 1.165) is 17.3 Å². The molecule has 1 aromatic heterocycles. The highest BCUT2D eigenvalue weighted by atomic mass is 32.2. The molecule has 0 aromatic carbocycles. The van der Waals surface area contributed by atoms with Gasteiger partial charge in [-0.15, -0.1) is 0 Å². The monoisotopic (exact) mass is 186 g/mol. The fourth-order valence-corrected chi connectivity index (χ4v) is 1.75. The number of aromatic nitrogens is 1. The van der Waals surface area contributed by atoms with Gasteiger partial charge in [-0.05, 0) is 19.9 Å². The van der Waals surface area contributed by atoms with Gasteiger partial charge < -0.3 is 10.2 Å². The summed E-state index contributed by atoms with van der Waals surface area (Å²) in [5.41, 5.74) is 6.35. The van der Waals surface area contributed by atoms with Crippen LogP contribution in [0.15, 0.2) is 15.9 Å². The van der Waals surface area contributed by atoms with Gasteiger partial charge in [-0.1, -0.05) is 18.7 Å². The van der Waals surface area contributed by atoms with Crippen LogP contribution in [-0.2, 0) is 0 Å². The molecule has 1 unspecified atom stereocenters. The lowest BCUT2D eigenvalue weighted by atomic mass is 10.3. The van der Waals surface area contributed by atoms with Gasteiger partial charge in [-0.2, -0.15) is 0 Å². The van der Waals surface area contributed by atoms with Crippen LogP contribution in [0.4, 0.5) is 0 Å². The van der Waals surface area contributed by atoms with Crippen LogP contribution in [0.2, 0.25) is 0 Å². The zero-order valence-electron chi connectivity index (χ0n) is 7.41. The Morgan fingerprint density at radius 1 is 1.75 bits per heavy atom. The maximum Gasteiger partial charge on any atom is 0.256 e. The Balaban J connectivity index is 2.41. The molecule has 0 aliphatic carbocycles. The molecule has 0 saturated carbocycles. The minimum absolute atomic E-state index is 0.480. The average molecular weight is 186 g/mol. The van der Waals surface area contributed by atoms with Crippen molar-refractivity contribution in [2.24, 2.45) is 5.73 Å². The summed E-state index contributed by atoms with van der Waals surface area (Å²) < 4.78 is 5.19. The second-order valence-corrected chi connectivity index (χ2v) is 4.15. The third-order valence-corrected chi connectivity index (χ3v) is 2.50. The second-order valence-electron chi connectivity index (χ2n) is 2.76. The molecule has 0 saturated heterocycles. The van der Waals surface area contributed by atoms with E-state index in [-0.39, 0.29) is 0 Å². The summed E-state index contributed by atoms with van der Waals surface area (Å²) >= 11 is 1.63. The second kappa shape index (κ2) is 4.52. The Kier molecular flexibility index (Phi) is 3.62. The Hall–Kier alpha value is -0.480. The summed E-state index contributed by atoms with van der Waals surface area (Å²) in [6, 6.07) is 0. The van der Waals surface area contributed by atoms with Crippen molar-refractivity contribution < 1.29 is 4.42 Å². The van der Waals surface area contributed by atoms with E-state index in [9.17, 15) is 0 Å². The highest BCUT2D eigenvalue weighted by molar-refractivity contribution is 7.99. The fourth-order valence-electron chi connectivity index (χ4n) is 0.852. The molecule has 1 rings (SSSR count). The molecule has 0 spiro atoms. The molecule has 12 heavy (non-hydrogen) atoms. The lowest BCUT2D eigenvalue weighted by Gasteiger charge is -2.04. The number of hydrogen-bond donors (Lipinski definition) is 1. The van der Waals surface area contributed by atoms with Gasteiger partial charge in [0.25, 0.3) is 5.22 Å². The van der Waals surface area contributed by atoms with Crippen LogP contribution in [0.3, 0.4) is 0 Å². The first-order chi connectivity index (χ1) is 5.72. The summed E-state index contributed by atoms with van der Waals surface area (Å²) in [6.45, 7) is 4.76. The van der Waals surface area contributed by atoms with Gasteiger partial charge in [0, 0.05) is 5.25 Å². The van der Waals surface area contributed by atoms with Crippen LogP contribution in [0, 0.1) is 6.92 Å². The van der Waals surface area contributed by atoms with E-state index in [1.165, 1.54) is 0 Å². The van der Waals surface area contributed by atoms with Crippen molar-refractivity contribution in [3.05, 3.63) is 12.0 Å². The molecule has 0 aliphatic rings. The van der Waals surface area contributed by atoms with E-state index in [4.69, 9.17) is 10.2 Å². The first-order valence-electron chi connectivity index (χ1n) is 4.01. The first kappa shape index (κ1) is 9.61. The molecular weight excluding hydrogens is 172 g/mol. The molecule has 1 aromatic rings. The molecule has 4 heteroatoms. The molecule has 2 N–H and O–H groups in total. The predicted octanol–water partition coefficient (Wildman–Crippen LogP) is 1.81. The summed E-state index contributed by atoms with van der Waals surface area (Å²) in [5.74, 6) is 0. The summed E-state index contributed by atoms with van der Waals surface area (Å²) in [4.78, 5) is 4.19. The van der Waals surface area contributed by atoms with Gasteiger partial charge in [0.15, 0.2) is 0 Å². The number of hydrogen-bond acceptors (Lipinski definition) is 4. The number of thioether (sulfide) groups is 1. The van der Waals surface area contributed by atoms with Crippen LogP contribution < -0.4 is 5.73 Å². The first-order valence-corrected chi connectivity index (χ1v) is 4.89. The summed E-state index contributed by atoms with van der Waals surface area (Å²) in [6.07, 6.45) is 2.66. The van der Waals surface area contributed by atoms with Crippen LogP contribution in [0.1, 0.15) is 19.0 Å². The molecule has 0 amide bonds. The van der Waals surface area contributed by atoms with Crippen LogP contribution in [0.25, 0.3) is 0 Å². The number of rotatable bonds is 4. The minimum atomic E-state index is 0.480. The molecule has 0 bridgehead atoms. The largest absolute Gasteiger partial charge is 0.440 e. The lowest BCUT2D eigenvalue weighted by Crippen LogP contribution is -2.06. The van der Waals surface area contributed by atoms with E-state index in [0.29, 0.717) is 11.8 Å². The molecule has 3 nitrogen and oxygen atoms in total. The van der Waals surface area contributed by atoms with E-state index in [1.54, 1.807) is 18.0 Å². The van der Waals surface area contributed by atoms with Crippen molar-refractivity contribution in [1.29, 1.82) is 0 Å². The molecule has 1 heterocycles. The van der Waals surface area contributed by atoms with Crippen LogP contribution in [-0.4, -0.2) is 16.8 Å². The van der Waals surface area contributed by atoms with Crippen molar-refractivity contribution in [2.45, 2.75) is 30.7 Å². The van der Waals surface area contributed by atoms with Gasteiger partial charge in [0.05, 0.1) is 5.69 Å². The maximum absolute atomic E-state index is 5.42. The quantitative estimate of drug-likeness (QED) is 0.729. The number of nitrogens with zero attached hydrogens (tertiary/aromatic N) is 1. The predicted molar refractivity (Wildman–Crippen MR) is 50.2 cm³/mol. The topological polar surface area (TPSA) is 52.0 Å². The number of nitrogens with two attached hydrogens (primary N) is 1. The molecular formula is C8H14N2OS. The maximum atomic E-state index is 5.42. The van der Waals surface area contributed by atoms with E-state index >= 15 is 0 Å². The molecule has 0 aliphatic heterocycles. The zero-order chi connectivity index (χ0) is 8.97. The van der Waals surface area contributed by atoms with Gasteiger partial charge in [0.1, 0.15) is 6.26 Å². The Morgan fingerprint density at radius 3 is 3.00 bits per heavy atom. The molecule has 68 valence electrons. The van der Waals surface area contributed by atoms with Crippen molar-refractivity contribution in [3.8, 4) is 0 Å². The lowest BCUT2D eigenvalue weighted by molar-refractivity contribution is 0.453. The molecule has 1 atom stereocenters. The SMILES string of the molecule is Cc1coc(SC(C)CCN)n1. The van der Waals surface area contributed by atoms with Crippen molar-refractivity contribution in [3.63, 3.8) is 0 Å². The highest BCUT2D eigenvalue weighted by Gasteiger charge is 2.07. The van der Waals surface area contributed by atoms with Crippen molar-refractivity contribution in [1.82, 2.24) is 4.98 Å². The van der Waals surface area contributed by atoms with E-state index < -0.39 is 0 Å². The van der Waals surface area contributed by atoms with Gasteiger partial charge >= 0.3 is 0 Å². The van der Waals surface area contributed by atoms with Crippen molar-refractivity contribution in [2.75, 3.05) is 6.54 Å². The summed E-state index contributed by atoms with van der Waals surface area (Å²) in [7, 11) is 0. The third kappa shape index (κ3) is 2.87. The van der Waals surface area contributed by atoms with Gasteiger partial charge in [-0.25, -0.2) is 4.98 Å². The molecule has 0 radical (unpaired) electrons. The van der Waals surface area contributed by atoms with Crippen molar-refractivity contribution >= 4 is 11.8 Å². The summed E-state index contributed by atoms with van der Waals surface area (Å²) in [5, 5.41) is 1.22. The standard InChI is InChI=1S/C8H14N2OS/c1-6-5-11-8(10-6)12-7(2)3-4-9/h5,7H,3-4,9H2,1-2H3. The van der Waals surface area contributed by atoms with E-state index in [1.807, 2.05) is 6.92 Å².